The van der Waals surface area contributed by atoms with Crippen LogP contribution in [0.4, 0.5) is 10.1 Å². The molecule has 4 nitrogen and oxygen atoms in total. The quantitative estimate of drug-likeness (QED) is 0.767. The lowest BCUT2D eigenvalue weighted by molar-refractivity contribution is 0.102. The van der Waals surface area contributed by atoms with Crippen LogP contribution in [0.1, 0.15) is 15.2 Å². The minimum atomic E-state index is -0.291. The largest absolute Gasteiger partial charge is 0.487 e. The van der Waals surface area contributed by atoms with E-state index in [4.69, 9.17) is 4.74 Å². The summed E-state index contributed by atoms with van der Waals surface area (Å²) < 4.78 is 18.6. The number of hydrogen-bond donors (Lipinski definition) is 1. The van der Waals surface area contributed by atoms with Crippen LogP contribution in [0.3, 0.4) is 0 Å². The van der Waals surface area contributed by atoms with Crippen molar-refractivity contribution in [2.24, 2.45) is 0 Å². The number of halogens is 1. The molecule has 0 atom stereocenters. The third-order valence-electron chi connectivity index (χ3n) is 3.06. The number of nitrogens with zero attached hydrogens (tertiary/aromatic N) is 1. The van der Waals surface area contributed by atoms with Crippen LogP contribution in [0.15, 0.2) is 60.2 Å². The third kappa shape index (κ3) is 3.92. The van der Waals surface area contributed by atoms with E-state index in [1.807, 2.05) is 0 Å². The molecule has 1 N–H and O–H groups in total. The maximum Gasteiger partial charge on any atom is 0.269 e. The second-order valence-corrected chi connectivity index (χ2v) is 5.64. The number of thiophene rings is 1. The summed E-state index contributed by atoms with van der Waals surface area (Å²) in [6.07, 6.45) is 3.21. The average Bonchev–Trinajstić information content (AvgIpc) is 3.04. The first-order valence-corrected chi connectivity index (χ1v) is 7.76. The molecule has 0 fully saturated rings. The summed E-state index contributed by atoms with van der Waals surface area (Å²) >= 11 is 1.30. The number of amides is 1. The molecular formula is C17H13FN2O2S. The van der Waals surface area contributed by atoms with Gasteiger partial charge in [0.15, 0.2) is 0 Å². The van der Waals surface area contributed by atoms with Crippen molar-refractivity contribution >= 4 is 22.9 Å². The number of carbonyl (C=O) groups excluding carboxylic acids is 1. The first-order valence-electron chi connectivity index (χ1n) is 6.88. The van der Waals surface area contributed by atoms with E-state index >= 15 is 0 Å². The van der Waals surface area contributed by atoms with Gasteiger partial charge in [-0.15, -0.1) is 11.3 Å². The van der Waals surface area contributed by atoms with Crippen molar-refractivity contribution in [3.63, 3.8) is 0 Å². The van der Waals surface area contributed by atoms with Gasteiger partial charge in [-0.1, -0.05) is 12.1 Å². The Labute approximate surface area is 136 Å². The van der Waals surface area contributed by atoms with E-state index in [2.05, 4.69) is 10.3 Å². The predicted molar refractivity (Wildman–Crippen MR) is 87.2 cm³/mol. The maximum absolute atomic E-state index is 12.9. The smallest absolute Gasteiger partial charge is 0.269 e. The Kier molecular flexibility index (Phi) is 4.63. The lowest BCUT2D eigenvalue weighted by atomic mass is 10.2. The molecule has 1 amide bonds. The number of anilines is 1. The maximum atomic E-state index is 12.9. The van der Waals surface area contributed by atoms with Crippen molar-refractivity contribution in [1.29, 1.82) is 0 Å². The van der Waals surface area contributed by atoms with Crippen molar-refractivity contribution in [2.75, 3.05) is 5.32 Å². The Morgan fingerprint density at radius 3 is 2.78 bits per heavy atom. The van der Waals surface area contributed by atoms with Crippen LogP contribution >= 0.6 is 11.3 Å². The van der Waals surface area contributed by atoms with E-state index in [1.54, 1.807) is 48.1 Å². The highest BCUT2D eigenvalue weighted by Gasteiger charge is 2.15. The average molecular weight is 328 g/mol. The van der Waals surface area contributed by atoms with Crippen molar-refractivity contribution < 1.29 is 13.9 Å². The molecule has 2 aromatic heterocycles. The summed E-state index contributed by atoms with van der Waals surface area (Å²) in [5.74, 6) is -0.0383. The molecule has 0 spiro atoms. The molecule has 0 aliphatic carbocycles. The van der Waals surface area contributed by atoms with Gasteiger partial charge in [0.05, 0.1) is 11.9 Å². The van der Waals surface area contributed by atoms with Crippen LogP contribution in [-0.2, 0) is 6.61 Å². The van der Waals surface area contributed by atoms with Gasteiger partial charge in [-0.05, 0) is 41.3 Å². The second-order valence-electron chi connectivity index (χ2n) is 4.72. The number of hydrogen-bond acceptors (Lipinski definition) is 4. The standard InChI is InChI=1S/C17H13FN2O2S/c18-13-5-3-12(4-6-13)11-22-15-7-9-23-16(15)17(21)20-14-2-1-8-19-10-14/h1-10H,11H2,(H,20,21). The van der Waals surface area contributed by atoms with Gasteiger partial charge >= 0.3 is 0 Å². The van der Waals surface area contributed by atoms with Crippen molar-refractivity contribution in [3.8, 4) is 5.75 Å². The topological polar surface area (TPSA) is 51.2 Å². The highest BCUT2D eigenvalue weighted by Crippen LogP contribution is 2.26. The lowest BCUT2D eigenvalue weighted by Gasteiger charge is -2.08. The second kappa shape index (κ2) is 7.02. The van der Waals surface area contributed by atoms with Crippen LogP contribution in [0, 0.1) is 5.82 Å². The molecule has 6 heteroatoms. The van der Waals surface area contributed by atoms with Gasteiger partial charge in [0.1, 0.15) is 23.1 Å². The molecule has 0 saturated heterocycles. The van der Waals surface area contributed by atoms with Gasteiger partial charge in [0, 0.05) is 6.20 Å². The fraction of sp³-hybridized carbons (Fsp3) is 0.0588. The van der Waals surface area contributed by atoms with E-state index < -0.39 is 0 Å². The highest BCUT2D eigenvalue weighted by atomic mass is 32.1. The SMILES string of the molecule is O=C(Nc1cccnc1)c1sccc1OCc1ccc(F)cc1. The van der Waals surface area contributed by atoms with E-state index in [9.17, 15) is 9.18 Å². The fourth-order valence-electron chi connectivity index (χ4n) is 1.94. The molecule has 2 heterocycles. The first kappa shape index (κ1) is 15.2. The highest BCUT2D eigenvalue weighted by molar-refractivity contribution is 7.12. The van der Waals surface area contributed by atoms with Crippen molar-refractivity contribution in [3.05, 3.63) is 76.5 Å². The van der Waals surface area contributed by atoms with Crippen molar-refractivity contribution in [1.82, 2.24) is 4.98 Å². The Morgan fingerprint density at radius 2 is 2.04 bits per heavy atom. The predicted octanol–water partition coefficient (Wildman–Crippen LogP) is 4.11. The van der Waals surface area contributed by atoms with Gasteiger partial charge in [0.25, 0.3) is 5.91 Å². The normalized spacial score (nSPS) is 10.3. The zero-order valence-corrected chi connectivity index (χ0v) is 12.8. The van der Waals surface area contributed by atoms with Crippen LogP contribution in [0.5, 0.6) is 5.75 Å². The first-order chi connectivity index (χ1) is 11.2. The van der Waals surface area contributed by atoms with Gasteiger partial charge in [-0.2, -0.15) is 0 Å². The number of carbonyl (C=O) groups is 1. The lowest BCUT2D eigenvalue weighted by Crippen LogP contribution is -2.11. The molecule has 0 saturated carbocycles. The Hall–Kier alpha value is -2.73. The monoisotopic (exact) mass is 328 g/mol. The minimum absolute atomic E-state index is 0.248. The summed E-state index contributed by atoms with van der Waals surface area (Å²) in [5, 5.41) is 4.56. The van der Waals surface area contributed by atoms with E-state index in [0.717, 1.165) is 5.56 Å². The van der Waals surface area contributed by atoms with Crippen LogP contribution in [-0.4, -0.2) is 10.9 Å². The van der Waals surface area contributed by atoms with Crippen LogP contribution in [0.25, 0.3) is 0 Å². The number of rotatable bonds is 5. The zero-order valence-electron chi connectivity index (χ0n) is 12.0. The molecule has 0 radical (unpaired) electrons. The van der Waals surface area contributed by atoms with E-state index in [-0.39, 0.29) is 18.3 Å². The molecule has 0 aliphatic rings. The van der Waals surface area contributed by atoms with Gasteiger partial charge in [0.2, 0.25) is 0 Å². The van der Waals surface area contributed by atoms with E-state index in [1.165, 1.54) is 23.5 Å². The van der Waals surface area contributed by atoms with Crippen LogP contribution < -0.4 is 10.1 Å². The number of nitrogens with one attached hydrogen (secondary N) is 1. The van der Waals surface area contributed by atoms with Gasteiger partial charge in [-0.3, -0.25) is 9.78 Å². The summed E-state index contributed by atoms with van der Waals surface area (Å²) in [6.45, 7) is 0.268. The molecule has 3 rings (SSSR count). The minimum Gasteiger partial charge on any atom is -0.487 e. The number of ether oxygens (including phenoxy) is 1. The molecule has 1 aromatic carbocycles. The van der Waals surface area contributed by atoms with Crippen LogP contribution in [0.2, 0.25) is 0 Å². The zero-order chi connectivity index (χ0) is 16.1. The summed E-state index contributed by atoms with van der Waals surface area (Å²) in [5.41, 5.74) is 1.45. The molecule has 0 bridgehead atoms. The molecule has 0 aliphatic heterocycles. The fourth-order valence-corrected chi connectivity index (χ4v) is 2.67. The summed E-state index contributed by atoms with van der Waals surface area (Å²) in [6, 6.07) is 11.3. The third-order valence-corrected chi connectivity index (χ3v) is 3.96. The van der Waals surface area contributed by atoms with Gasteiger partial charge < -0.3 is 10.1 Å². The molecule has 3 aromatic rings. The summed E-state index contributed by atoms with van der Waals surface area (Å²) in [4.78, 5) is 16.7. The van der Waals surface area contributed by atoms with Gasteiger partial charge in [-0.25, -0.2) is 4.39 Å². The molecular weight excluding hydrogens is 315 g/mol. The molecule has 0 unspecified atom stereocenters. The Morgan fingerprint density at radius 1 is 1.22 bits per heavy atom. The Balaban J connectivity index is 1.67. The number of aromatic nitrogens is 1. The summed E-state index contributed by atoms with van der Waals surface area (Å²) in [7, 11) is 0. The molecule has 23 heavy (non-hydrogen) atoms. The number of benzene rings is 1. The Bertz CT molecular complexity index is 788. The van der Waals surface area contributed by atoms with E-state index in [0.29, 0.717) is 16.3 Å². The number of pyridine rings is 1. The molecule has 116 valence electrons. The van der Waals surface area contributed by atoms with Crippen molar-refractivity contribution in [2.45, 2.75) is 6.61 Å².